The van der Waals surface area contributed by atoms with Gasteiger partial charge in [-0.2, -0.15) is 0 Å². The molecule has 20 heavy (non-hydrogen) atoms. The summed E-state index contributed by atoms with van der Waals surface area (Å²) in [5.74, 6) is -1.29. The molecule has 1 rings (SSSR count). The van der Waals surface area contributed by atoms with Gasteiger partial charge in [-0.3, -0.25) is 15.0 Å². The molecule has 0 bridgehead atoms. The van der Waals surface area contributed by atoms with Crippen LogP contribution in [0.15, 0.2) is 18.2 Å². The number of likely N-dealkylation sites (N-methyl/N-ethyl adjacent to an activating group) is 1. The molecule has 1 aromatic rings. The lowest BCUT2D eigenvalue weighted by Crippen LogP contribution is -2.32. The van der Waals surface area contributed by atoms with Crippen molar-refractivity contribution in [2.45, 2.75) is 19.5 Å². The van der Waals surface area contributed by atoms with E-state index in [4.69, 9.17) is 4.74 Å². The lowest BCUT2D eigenvalue weighted by molar-refractivity contribution is -0.385. The largest absolute Gasteiger partial charge is 0.477 e. The van der Waals surface area contributed by atoms with Crippen molar-refractivity contribution < 1.29 is 19.6 Å². The molecule has 0 radical (unpaired) electrons. The summed E-state index contributed by atoms with van der Waals surface area (Å²) in [6.07, 6.45) is 0. The Morgan fingerprint density at radius 2 is 2.20 bits per heavy atom. The molecule has 0 aliphatic rings. The zero-order valence-electron chi connectivity index (χ0n) is 11.7. The standard InChI is InChI=1S/C13H18N2O5/c1-9(8-20-3)14(2)7-10-5-4-6-11(15(18)19)12(10)13(16)17/h4-6,9H,7-8H2,1-3H3,(H,16,17). The summed E-state index contributed by atoms with van der Waals surface area (Å²) in [5.41, 5.74) is -0.228. The van der Waals surface area contributed by atoms with Crippen LogP contribution in [0.4, 0.5) is 5.69 Å². The first kappa shape index (κ1) is 16.1. The van der Waals surface area contributed by atoms with Gasteiger partial charge in [0.2, 0.25) is 0 Å². The van der Waals surface area contributed by atoms with Crippen LogP contribution in [0.3, 0.4) is 0 Å². The van der Waals surface area contributed by atoms with E-state index in [1.165, 1.54) is 12.1 Å². The van der Waals surface area contributed by atoms with E-state index in [9.17, 15) is 20.0 Å². The number of rotatable bonds is 7. The predicted molar refractivity (Wildman–Crippen MR) is 72.9 cm³/mol. The van der Waals surface area contributed by atoms with Crippen LogP contribution in [0.25, 0.3) is 0 Å². The van der Waals surface area contributed by atoms with Crippen molar-refractivity contribution >= 4 is 11.7 Å². The smallest absolute Gasteiger partial charge is 0.343 e. The molecule has 1 unspecified atom stereocenters. The summed E-state index contributed by atoms with van der Waals surface area (Å²) < 4.78 is 5.04. The van der Waals surface area contributed by atoms with Crippen molar-refractivity contribution in [3.05, 3.63) is 39.4 Å². The van der Waals surface area contributed by atoms with Crippen LogP contribution in [-0.4, -0.2) is 47.7 Å². The van der Waals surface area contributed by atoms with Crippen LogP contribution in [-0.2, 0) is 11.3 Å². The Kier molecular flexibility index (Phi) is 5.60. The molecule has 1 N–H and O–H groups in total. The van der Waals surface area contributed by atoms with E-state index < -0.39 is 10.9 Å². The van der Waals surface area contributed by atoms with Gasteiger partial charge in [-0.05, 0) is 19.5 Å². The molecule has 0 heterocycles. The van der Waals surface area contributed by atoms with E-state index in [1.807, 2.05) is 18.9 Å². The topological polar surface area (TPSA) is 92.9 Å². The molecule has 1 aromatic carbocycles. The predicted octanol–water partition coefficient (Wildman–Crippen LogP) is 1.76. The van der Waals surface area contributed by atoms with Gasteiger partial charge in [0.15, 0.2) is 0 Å². The molecule has 110 valence electrons. The minimum atomic E-state index is -1.29. The van der Waals surface area contributed by atoms with E-state index in [-0.39, 0.29) is 17.3 Å². The Bertz CT molecular complexity index is 504. The third-order valence-electron chi connectivity index (χ3n) is 3.12. The maximum Gasteiger partial charge on any atom is 0.343 e. The summed E-state index contributed by atoms with van der Waals surface area (Å²) in [4.78, 5) is 23.4. The maximum absolute atomic E-state index is 11.3. The summed E-state index contributed by atoms with van der Waals surface area (Å²) in [7, 11) is 3.40. The van der Waals surface area contributed by atoms with E-state index in [0.717, 1.165) is 0 Å². The normalized spacial score (nSPS) is 12.4. The second kappa shape index (κ2) is 6.97. The second-order valence-corrected chi connectivity index (χ2v) is 4.59. The number of carboxylic acid groups (broad SMARTS) is 1. The Hall–Kier alpha value is -1.99. The van der Waals surface area contributed by atoms with Crippen LogP contribution in [0, 0.1) is 10.1 Å². The molecular weight excluding hydrogens is 264 g/mol. The highest BCUT2D eigenvalue weighted by Crippen LogP contribution is 2.23. The minimum Gasteiger partial charge on any atom is -0.477 e. The van der Waals surface area contributed by atoms with Crippen molar-refractivity contribution in [2.75, 3.05) is 20.8 Å². The molecule has 0 fully saturated rings. The number of hydrogen-bond acceptors (Lipinski definition) is 5. The fourth-order valence-corrected chi connectivity index (χ4v) is 1.91. The van der Waals surface area contributed by atoms with Crippen molar-refractivity contribution in [1.29, 1.82) is 0 Å². The number of aromatic carboxylic acids is 1. The maximum atomic E-state index is 11.3. The Labute approximate surface area is 116 Å². The van der Waals surface area contributed by atoms with Gasteiger partial charge in [0.25, 0.3) is 5.69 Å². The number of hydrogen-bond donors (Lipinski definition) is 1. The average molecular weight is 282 g/mol. The molecule has 0 aromatic heterocycles. The van der Waals surface area contributed by atoms with Crippen LogP contribution >= 0.6 is 0 Å². The number of nitro groups is 1. The summed E-state index contributed by atoms with van der Waals surface area (Å²) in [6.45, 7) is 2.73. The van der Waals surface area contributed by atoms with E-state index in [1.54, 1.807) is 13.2 Å². The molecule has 0 aliphatic heterocycles. The molecule has 0 saturated heterocycles. The van der Waals surface area contributed by atoms with Gasteiger partial charge >= 0.3 is 5.97 Å². The summed E-state index contributed by atoms with van der Waals surface area (Å²) in [6, 6.07) is 4.35. The average Bonchev–Trinajstić information content (AvgIpc) is 2.38. The third kappa shape index (κ3) is 3.75. The molecule has 0 aliphatic carbocycles. The van der Waals surface area contributed by atoms with Gasteiger partial charge < -0.3 is 9.84 Å². The third-order valence-corrected chi connectivity index (χ3v) is 3.12. The van der Waals surface area contributed by atoms with Crippen molar-refractivity contribution in [3.8, 4) is 0 Å². The van der Waals surface area contributed by atoms with Gasteiger partial charge in [-0.25, -0.2) is 4.79 Å². The second-order valence-electron chi connectivity index (χ2n) is 4.59. The highest BCUT2D eigenvalue weighted by Gasteiger charge is 2.24. The van der Waals surface area contributed by atoms with Crippen molar-refractivity contribution in [3.63, 3.8) is 0 Å². The summed E-state index contributed by atoms with van der Waals surface area (Å²) >= 11 is 0. The number of benzene rings is 1. The zero-order chi connectivity index (χ0) is 15.3. The lowest BCUT2D eigenvalue weighted by atomic mass is 10.0. The first-order valence-electron chi connectivity index (χ1n) is 6.07. The fourth-order valence-electron chi connectivity index (χ4n) is 1.91. The van der Waals surface area contributed by atoms with Gasteiger partial charge in [-0.15, -0.1) is 0 Å². The Morgan fingerprint density at radius 1 is 1.55 bits per heavy atom. The number of carbonyl (C=O) groups is 1. The monoisotopic (exact) mass is 282 g/mol. The van der Waals surface area contributed by atoms with Crippen LogP contribution in [0.1, 0.15) is 22.8 Å². The number of nitrogens with zero attached hydrogens (tertiary/aromatic N) is 2. The highest BCUT2D eigenvalue weighted by atomic mass is 16.6. The van der Waals surface area contributed by atoms with E-state index in [2.05, 4.69) is 0 Å². The van der Waals surface area contributed by atoms with Crippen molar-refractivity contribution in [2.24, 2.45) is 0 Å². The highest BCUT2D eigenvalue weighted by molar-refractivity contribution is 5.94. The molecular formula is C13H18N2O5. The van der Waals surface area contributed by atoms with E-state index in [0.29, 0.717) is 18.7 Å². The van der Waals surface area contributed by atoms with Gasteiger partial charge in [0.05, 0.1) is 11.5 Å². The molecule has 0 saturated carbocycles. The van der Waals surface area contributed by atoms with Crippen molar-refractivity contribution in [1.82, 2.24) is 4.90 Å². The van der Waals surface area contributed by atoms with Crippen LogP contribution in [0.5, 0.6) is 0 Å². The number of carboxylic acids is 1. The quantitative estimate of drug-likeness (QED) is 0.605. The number of ether oxygens (including phenoxy) is 1. The van der Waals surface area contributed by atoms with Gasteiger partial charge in [-0.1, -0.05) is 12.1 Å². The molecule has 0 spiro atoms. The van der Waals surface area contributed by atoms with Crippen LogP contribution < -0.4 is 0 Å². The van der Waals surface area contributed by atoms with E-state index >= 15 is 0 Å². The fraction of sp³-hybridized carbons (Fsp3) is 0.462. The Morgan fingerprint density at radius 3 is 2.70 bits per heavy atom. The minimum absolute atomic E-state index is 0.0703. The molecule has 1 atom stereocenters. The molecule has 0 amide bonds. The Balaban J connectivity index is 3.09. The molecule has 7 heteroatoms. The first-order valence-corrected chi connectivity index (χ1v) is 6.07. The molecule has 7 nitrogen and oxygen atoms in total. The zero-order valence-corrected chi connectivity index (χ0v) is 11.7. The lowest BCUT2D eigenvalue weighted by Gasteiger charge is -2.24. The summed E-state index contributed by atoms with van der Waals surface area (Å²) in [5, 5.41) is 20.1. The van der Waals surface area contributed by atoms with Crippen LogP contribution in [0.2, 0.25) is 0 Å². The SMILES string of the molecule is COCC(C)N(C)Cc1cccc([N+](=O)[O-])c1C(=O)O. The van der Waals surface area contributed by atoms with Gasteiger partial charge in [0.1, 0.15) is 5.56 Å². The number of methoxy groups -OCH3 is 1. The van der Waals surface area contributed by atoms with Gasteiger partial charge in [0, 0.05) is 25.8 Å². The first-order chi connectivity index (χ1) is 9.38. The number of nitro benzene ring substituents is 1.